The Morgan fingerprint density at radius 1 is 1.04 bits per heavy atom. The van der Waals surface area contributed by atoms with Crippen molar-refractivity contribution in [3.8, 4) is 10.4 Å². The Morgan fingerprint density at radius 2 is 1.81 bits per heavy atom. The Kier molecular flexibility index (Phi) is 4.52. The Hall–Kier alpha value is -3.32. The number of hydrogen-bond donors (Lipinski definition) is 2. The molecule has 2 aromatic heterocycles. The van der Waals surface area contributed by atoms with Crippen molar-refractivity contribution in [3.05, 3.63) is 66.7 Å². The fraction of sp³-hybridized carbons (Fsp3) is 0.0500. The summed E-state index contributed by atoms with van der Waals surface area (Å²) in [4.78, 5) is 20.9. The van der Waals surface area contributed by atoms with Crippen LogP contribution in [-0.2, 0) is 4.79 Å². The molecule has 0 saturated heterocycles. The Morgan fingerprint density at radius 3 is 2.59 bits per heavy atom. The predicted molar refractivity (Wildman–Crippen MR) is 107 cm³/mol. The van der Waals surface area contributed by atoms with Crippen LogP contribution in [0.4, 0.5) is 21.6 Å². The zero-order valence-corrected chi connectivity index (χ0v) is 15.2. The summed E-state index contributed by atoms with van der Waals surface area (Å²) < 4.78 is 14.1. The van der Waals surface area contributed by atoms with Gasteiger partial charge in [0.25, 0.3) is 0 Å². The number of carbonyl (C=O) groups is 1. The van der Waals surface area contributed by atoms with E-state index in [-0.39, 0.29) is 11.7 Å². The number of nitrogens with zero attached hydrogens (tertiary/aromatic N) is 2. The first kappa shape index (κ1) is 17.1. The number of fused-ring (bicyclic) bond motifs is 1. The summed E-state index contributed by atoms with van der Waals surface area (Å²) >= 11 is 1.54. The lowest BCUT2D eigenvalue weighted by atomic mass is 10.2. The second-order valence-electron chi connectivity index (χ2n) is 5.94. The molecule has 0 aliphatic rings. The summed E-state index contributed by atoms with van der Waals surface area (Å²) in [5.41, 5.74) is 3.25. The molecule has 4 rings (SSSR count). The molecule has 0 atom stereocenters. The van der Waals surface area contributed by atoms with Crippen molar-refractivity contribution < 1.29 is 9.18 Å². The number of aromatic nitrogens is 2. The van der Waals surface area contributed by atoms with E-state index >= 15 is 0 Å². The van der Waals surface area contributed by atoms with Crippen LogP contribution in [0.3, 0.4) is 0 Å². The number of amides is 1. The van der Waals surface area contributed by atoms with E-state index < -0.39 is 0 Å². The van der Waals surface area contributed by atoms with E-state index in [2.05, 4.69) is 20.6 Å². The van der Waals surface area contributed by atoms with Crippen LogP contribution >= 0.6 is 11.3 Å². The molecule has 2 N–H and O–H groups in total. The van der Waals surface area contributed by atoms with Crippen molar-refractivity contribution in [3.63, 3.8) is 0 Å². The van der Waals surface area contributed by atoms with Crippen molar-refractivity contribution in [1.29, 1.82) is 0 Å². The van der Waals surface area contributed by atoms with E-state index in [4.69, 9.17) is 0 Å². The molecule has 0 radical (unpaired) electrons. The molecule has 0 fully saturated rings. The van der Waals surface area contributed by atoms with Gasteiger partial charge in [-0.05, 0) is 42.0 Å². The third-order valence-corrected chi connectivity index (χ3v) is 5.07. The topological polar surface area (TPSA) is 66.9 Å². The lowest BCUT2D eigenvalue weighted by molar-refractivity contribution is -0.114. The zero-order valence-electron chi connectivity index (χ0n) is 14.4. The first-order chi connectivity index (χ1) is 13.1. The Labute approximate surface area is 158 Å². The summed E-state index contributed by atoms with van der Waals surface area (Å²) in [6.45, 7) is 1.47. The molecule has 2 aromatic carbocycles. The first-order valence-corrected chi connectivity index (χ1v) is 9.05. The molecule has 0 spiro atoms. The van der Waals surface area contributed by atoms with Crippen LogP contribution in [0.25, 0.3) is 20.7 Å². The molecular formula is C20H15FN4OS. The van der Waals surface area contributed by atoms with Gasteiger partial charge in [-0.25, -0.2) is 14.4 Å². The molecule has 1 amide bonds. The molecule has 5 nitrogen and oxygen atoms in total. The van der Waals surface area contributed by atoms with Crippen molar-refractivity contribution in [2.45, 2.75) is 6.92 Å². The third kappa shape index (κ3) is 3.78. The SMILES string of the molecule is CC(=O)Nc1cccc(Nc2ncnc3cc(-c4ccc(F)cc4)sc23)c1. The lowest BCUT2D eigenvalue weighted by Crippen LogP contribution is -2.05. The number of rotatable bonds is 4. The van der Waals surface area contributed by atoms with Gasteiger partial charge in [-0.1, -0.05) is 18.2 Å². The molecule has 0 unspecified atom stereocenters. The zero-order chi connectivity index (χ0) is 18.8. The normalized spacial score (nSPS) is 10.7. The maximum atomic E-state index is 13.2. The van der Waals surface area contributed by atoms with E-state index in [0.717, 1.165) is 26.3 Å². The van der Waals surface area contributed by atoms with Crippen LogP contribution < -0.4 is 10.6 Å². The average molecular weight is 378 g/mol. The molecule has 0 saturated carbocycles. The minimum atomic E-state index is -0.263. The predicted octanol–water partition coefficient (Wildman–Crippen LogP) is 5.20. The summed E-state index contributed by atoms with van der Waals surface area (Å²) in [5.74, 6) is 0.290. The van der Waals surface area contributed by atoms with Crippen LogP contribution in [0.5, 0.6) is 0 Å². The minimum Gasteiger partial charge on any atom is -0.339 e. The van der Waals surface area contributed by atoms with E-state index in [1.807, 2.05) is 30.3 Å². The van der Waals surface area contributed by atoms with Crippen molar-refractivity contribution in [1.82, 2.24) is 9.97 Å². The molecule has 0 aliphatic carbocycles. The van der Waals surface area contributed by atoms with E-state index in [0.29, 0.717) is 11.5 Å². The standard InChI is InChI=1S/C20H15FN4OS/c1-12(26)24-15-3-2-4-16(9-15)25-20-19-17(22-11-23-20)10-18(27-19)13-5-7-14(21)8-6-13/h2-11H,1H3,(H,24,26)(H,22,23,25). The largest absolute Gasteiger partial charge is 0.339 e. The van der Waals surface area contributed by atoms with Gasteiger partial charge in [0.15, 0.2) is 5.82 Å². The van der Waals surface area contributed by atoms with Gasteiger partial charge >= 0.3 is 0 Å². The summed E-state index contributed by atoms with van der Waals surface area (Å²) in [7, 11) is 0. The molecular weight excluding hydrogens is 363 g/mol. The van der Waals surface area contributed by atoms with Crippen molar-refractivity contribution >= 4 is 44.7 Å². The lowest BCUT2D eigenvalue weighted by Gasteiger charge is -2.08. The highest BCUT2D eigenvalue weighted by molar-refractivity contribution is 7.22. The van der Waals surface area contributed by atoms with Crippen LogP contribution in [0, 0.1) is 5.82 Å². The van der Waals surface area contributed by atoms with E-state index in [1.54, 1.807) is 12.1 Å². The van der Waals surface area contributed by atoms with Gasteiger partial charge in [0.1, 0.15) is 12.1 Å². The van der Waals surface area contributed by atoms with Gasteiger partial charge in [0, 0.05) is 23.2 Å². The summed E-state index contributed by atoms with van der Waals surface area (Å²) in [6, 6.07) is 15.8. The van der Waals surface area contributed by atoms with Gasteiger partial charge in [-0.3, -0.25) is 4.79 Å². The number of anilines is 3. The number of benzene rings is 2. The molecule has 2 heterocycles. The number of carbonyl (C=O) groups excluding carboxylic acids is 1. The van der Waals surface area contributed by atoms with Gasteiger partial charge in [-0.15, -0.1) is 11.3 Å². The monoisotopic (exact) mass is 378 g/mol. The maximum absolute atomic E-state index is 13.2. The van der Waals surface area contributed by atoms with E-state index in [9.17, 15) is 9.18 Å². The fourth-order valence-electron chi connectivity index (χ4n) is 2.71. The average Bonchev–Trinajstić information content (AvgIpc) is 3.07. The summed E-state index contributed by atoms with van der Waals surface area (Å²) in [5, 5.41) is 6.04. The van der Waals surface area contributed by atoms with Crippen LogP contribution in [0.2, 0.25) is 0 Å². The Balaban J connectivity index is 1.68. The maximum Gasteiger partial charge on any atom is 0.221 e. The number of thiophene rings is 1. The van der Waals surface area contributed by atoms with Crippen LogP contribution in [-0.4, -0.2) is 15.9 Å². The van der Waals surface area contributed by atoms with Crippen LogP contribution in [0.1, 0.15) is 6.92 Å². The highest BCUT2D eigenvalue weighted by Gasteiger charge is 2.11. The number of hydrogen-bond acceptors (Lipinski definition) is 5. The molecule has 134 valence electrons. The third-order valence-electron chi connectivity index (χ3n) is 3.89. The second-order valence-corrected chi connectivity index (χ2v) is 6.99. The first-order valence-electron chi connectivity index (χ1n) is 8.24. The van der Waals surface area contributed by atoms with Gasteiger partial charge in [0.2, 0.25) is 5.91 Å². The minimum absolute atomic E-state index is 0.126. The van der Waals surface area contributed by atoms with Gasteiger partial charge in [0.05, 0.1) is 10.2 Å². The molecule has 0 aliphatic heterocycles. The fourth-order valence-corrected chi connectivity index (χ4v) is 3.78. The smallest absolute Gasteiger partial charge is 0.221 e. The molecule has 7 heteroatoms. The Bertz CT molecular complexity index is 1120. The molecule has 27 heavy (non-hydrogen) atoms. The van der Waals surface area contributed by atoms with E-state index in [1.165, 1.54) is 36.7 Å². The van der Waals surface area contributed by atoms with Gasteiger partial charge < -0.3 is 10.6 Å². The second kappa shape index (κ2) is 7.13. The molecule has 4 aromatic rings. The summed E-state index contributed by atoms with van der Waals surface area (Å²) in [6.07, 6.45) is 1.50. The highest BCUT2D eigenvalue weighted by Crippen LogP contribution is 2.36. The highest BCUT2D eigenvalue weighted by atomic mass is 32.1. The number of nitrogens with one attached hydrogen (secondary N) is 2. The van der Waals surface area contributed by atoms with Gasteiger partial charge in [-0.2, -0.15) is 0 Å². The number of halogens is 1. The van der Waals surface area contributed by atoms with Crippen molar-refractivity contribution in [2.75, 3.05) is 10.6 Å². The molecule has 0 bridgehead atoms. The van der Waals surface area contributed by atoms with Crippen molar-refractivity contribution in [2.24, 2.45) is 0 Å². The van der Waals surface area contributed by atoms with Crippen LogP contribution in [0.15, 0.2) is 60.9 Å². The quantitative estimate of drug-likeness (QED) is 0.512.